The average molecular weight is 293 g/mol. The summed E-state index contributed by atoms with van der Waals surface area (Å²) < 4.78 is 10.8. The predicted octanol–water partition coefficient (Wildman–Crippen LogP) is 4.47. The van der Waals surface area contributed by atoms with Gasteiger partial charge in [-0.1, -0.05) is 35.9 Å². The number of benzene rings is 2. The summed E-state index contributed by atoms with van der Waals surface area (Å²) in [5.74, 6) is 1.37. The Bertz CT molecular complexity index is 709. The molecule has 0 spiro atoms. The van der Waals surface area contributed by atoms with Crippen LogP contribution >= 0.6 is 0 Å². The molecule has 0 aliphatic rings. The van der Waals surface area contributed by atoms with E-state index in [1.54, 1.807) is 7.11 Å². The number of nitrogens with zero attached hydrogens (tertiary/aromatic N) is 1. The van der Waals surface area contributed by atoms with E-state index >= 15 is 0 Å². The largest absolute Gasteiger partial charge is 0.493 e. The Labute approximate surface area is 131 Å². The standard InChI is InChI=1S/C19H19NO2/c1-4-22-19-12-15(7-10-18(19)21-3)11-17(13-20)16-8-5-14(2)6-9-16/h5-12H,4H2,1-3H3/b17-11+. The lowest BCUT2D eigenvalue weighted by atomic mass is 10.0. The SMILES string of the molecule is CCOc1cc(/C=C(\C#N)c2ccc(C)cc2)ccc1OC. The molecule has 0 heterocycles. The van der Waals surface area contributed by atoms with Gasteiger partial charge in [0.15, 0.2) is 11.5 Å². The van der Waals surface area contributed by atoms with Gasteiger partial charge in [0.1, 0.15) is 0 Å². The van der Waals surface area contributed by atoms with Gasteiger partial charge >= 0.3 is 0 Å². The van der Waals surface area contributed by atoms with E-state index in [1.807, 2.05) is 62.4 Å². The summed E-state index contributed by atoms with van der Waals surface area (Å²) in [4.78, 5) is 0. The van der Waals surface area contributed by atoms with E-state index in [2.05, 4.69) is 6.07 Å². The second kappa shape index (κ2) is 7.33. The van der Waals surface area contributed by atoms with Gasteiger partial charge in [-0.2, -0.15) is 5.26 Å². The molecule has 0 fully saturated rings. The summed E-state index contributed by atoms with van der Waals surface area (Å²) >= 11 is 0. The molecule has 112 valence electrons. The van der Waals surface area contributed by atoms with Crippen molar-refractivity contribution in [1.29, 1.82) is 5.26 Å². The molecule has 22 heavy (non-hydrogen) atoms. The van der Waals surface area contributed by atoms with Crippen molar-refractivity contribution in [3.8, 4) is 17.6 Å². The van der Waals surface area contributed by atoms with Crippen LogP contribution in [0.3, 0.4) is 0 Å². The van der Waals surface area contributed by atoms with Crippen molar-refractivity contribution in [3.63, 3.8) is 0 Å². The third-order valence-corrected chi connectivity index (χ3v) is 3.28. The van der Waals surface area contributed by atoms with Gasteiger partial charge in [0.05, 0.1) is 25.4 Å². The molecule has 0 N–H and O–H groups in total. The number of hydrogen-bond donors (Lipinski definition) is 0. The van der Waals surface area contributed by atoms with Crippen molar-refractivity contribution in [2.24, 2.45) is 0 Å². The van der Waals surface area contributed by atoms with Gasteiger partial charge < -0.3 is 9.47 Å². The molecule has 2 rings (SSSR count). The molecular formula is C19H19NO2. The summed E-state index contributed by atoms with van der Waals surface area (Å²) in [5.41, 5.74) is 3.60. The normalized spacial score (nSPS) is 10.9. The first-order chi connectivity index (χ1) is 10.7. The highest BCUT2D eigenvalue weighted by Gasteiger charge is 2.06. The Morgan fingerprint density at radius 2 is 1.86 bits per heavy atom. The number of ether oxygens (including phenoxy) is 2. The zero-order chi connectivity index (χ0) is 15.9. The molecule has 0 aromatic heterocycles. The van der Waals surface area contributed by atoms with Gasteiger partial charge in [0, 0.05) is 0 Å². The van der Waals surface area contributed by atoms with Crippen LogP contribution in [-0.4, -0.2) is 13.7 Å². The molecule has 2 aromatic rings. The Kier molecular flexibility index (Phi) is 5.21. The van der Waals surface area contributed by atoms with Crippen LogP contribution in [0.2, 0.25) is 0 Å². The first kappa shape index (κ1) is 15.7. The van der Waals surface area contributed by atoms with Crippen molar-refractivity contribution in [1.82, 2.24) is 0 Å². The smallest absolute Gasteiger partial charge is 0.161 e. The minimum Gasteiger partial charge on any atom is -0.493 e. The van der Waals surface area contributed by atoms with Crippen LogP contribution in [0.1, 0.15) is 23.6 Å². The summed E-state index contributed by atoms with van der Waals surface area (Å²) in [6.07, 6.45) is 1.85. The summed E-state index contributed by atoms with van der Waals surface area (Å²) in [7, 11) is 1.61. The summed E-state index contributed by atoms with van der Waals surface area (Å²) in [6.45, 7) is 4.51. The van der Waals surface area contributed by atoms with E-state index in [0.29, 0.717) is 23.7 Å². The zero-order valence-corrected chi connectivity index (χ0v) is 13.1. The van der Waals surface area contributed by atoms with E-state index in [0.717, 1.165) is 11.1 Å². The van der Waals surface area contributed by atoms with Gasteiger partial charge in [0.2, 0.25) is 0 Å². The van der Waals surface area contributed by atoms with Crippen molar-refractivity contribution in [2.75, 3.05) is 13.7 Å². The van der Waals surface area contributed by atoms with E-state index in [4.69, 9.17) is 9.47 Å². The average Bonchev–Trinajstić information content (AvgIpc) is 2.54. The van der Waals surface area contributed by atoms with Crippen molar-refractivity contribution < 1.29 is 9.47 Å². The van der Waals surface area contributed by atoms with E-state index in [9.17, 15) is 5.26 Å². The molecule has 0 bridgehead atoms. The fourth-order valence-corrected chi connectivity index (χ4v) is 2.13. The number of rotatable bonds is 5. The van der Waals surface area contributed by atoms with Crippen LogP contribution in [0.4, 0.5) is 0 Å². The van der Waals surface area contributed by atoms with E-state index in [-0.39, 0.29) is 0 Å². The quantitative estimate of drug-likeness (QED) is 0.603. The third kappa shape index (κ3) is 3.67. The Morgan fingerprint density at radius 3 is 2.45 bits per heavy atom. The topological polar surface area (TPSA) is 42.2 Å². The Morgan fingerprint density at radius 1 is 1.14 bits per heavy atom. The molecular weight excluding hydrogens is 274 g/mol. The van der Waals surface area contributed by atoms with Crippen molar-refractivity contribution in [2.45, 2.75) is 13.8 Å². The lowest BCUT2D eigenvalue weighted by Gasteiger charge is -2.10. The molecule has 0 unspecified atom stereocenters. The van der Waals surface area contributed by atoms with Gasteiger partial charge in [-0.3, -0.25) is 0 Å². The first-order valence-corrected chi connectivity index (χ1v) is 7.17. The minimum absolute atomic E-state index is 0.562. The summed E-state index contributed by atoms with van der Waals surface area (Å²) in [6, 6.07) is 15.8. The Hall–Kier alpha value is -2.73. The van der Waals surface area contributed by atoms with E-state index < -0.39 is 0 Å². The highest BCUT2D eigenvalue weighted by atomic mass is 16.5. The number of methoxy groups -OCH3 is 1. The van der Waals surface area contributed by atoms with Gasteiger partial charge in [-0.05, 0) is 43.2 Å². The van der Waals surface area contributed by atoms with Crippen LogP contribution in [0.5, 0.6) is 11.5 Å². The van der Waals surface area contributed by atoms with Crippen molar-refractivity contribution >= 4 is 11.6 Å². The number of allylic oxidation sites excluding steroid dienone is 1. The highest BCUT2D eigenvalue weighted by Crippen LogP contribution is 2.29. The predicted molar refractivity (Wildman–Crippen MR) is 88.8 cm³/mol. The molecule has 0 atom stereocenters. The molecule has 0 radical (unpaired) electrons. The molecule has 0 amide bonds. The van der Waals surface area contributed by atoms with Gasteiger partial charge in [0.25, 0.3) is 0 Å². The monoisotopic (exact) mass is 293 g/mol. The maximum absolute atomic E-state index is 9.41. The molecule has 2 aromatic carbocycles. The van der Waals surface area contributed by atoms with E-state index in [1.165, 1.54) is 5.56 Å². The maximum atomic E-state index is 9.41. The molecule has 3 nitrogen and oxygen atoms in total. The van der Waals surface area contributed by atoms with Crippen LogP contribution in [0.15, 0.2) is 42.5 Å². The molecule has 3 heteroatoms. The lowest BCUT2D eigenvalue weighted by molar-refractivity contribution is 0.311. The van der Waals surface area contributed by atoms with Crippen LogP contribution in [-0.2, 0) is 0 Å². The minimum atomic E-state index is 0.562. The fraction of sp³-hybridized carbons (Fsp3) is 0.211. The lowest BCUT2D eigenvalue weighted by Crippen LogP contribution is -1.95. The van der Waals surface area contributed by atoms with Crippen LogP contribution in [0, 0.1) is 18.3 Å². The first-order valence-electron chi connectivity index (χ1n) is 7.17. The number of nitriles is 1. The van der Waals surface area contributed by atoms with Gasteiger partial charge in [-0.25, -0.2) is 0 Å². The number of aryl methyl sites for hydroxylation is 1. The van der Waals surface area contributed by atoms with Gasteiger partial charge in [-0.15, -0.1) is 0 Å². The van der Waals surface area contributed by atoms with Crippen LogP contribution < -0.4 is 9.47 Å². The highest BCUT2D eigenvalue weighted by molar-refractivity contribution is 5.89. The molecule has 0 aliphatic carbocycles. The maximum Gasteiger partial charge on any atom is 0.161 e. The van der Waals surface area contributed by atoms with Crippen LogP contribution in [0.25, 0.3) is 11.6 Å². The number of hydrogen-bond acceptors (Lipinski definition) is 3. The summed E-state index contributed by atoms with van der Waals surface area (Å²) in [5, 5.41) is 9.41. The fourth-order valence-electron chi connectivity index (χ4n) is 2.13. The third-order valence-electron chi connectivity index (χ3n) is 3.28. The molecule has 0 aliphatic heterocycles. The second-order valence-electron chi connectivity index (χ2n) is 4.88. The van der Waals surface area contributed by atoms with Crippen molar-refractivity contribution in [3.05, 3.63) is 59.2 Å². The second-order valence-corrected chi connectivity index (χ2v) is 4.88. The molecule has 0 saturated heterocycles. The Balaban J connectivity index is 2.39. The molecule has 0 saturated carbocycles. The zero-order valence-electron chi connectivity index (χ0n) is 13.1.